The zero-order valence-electron chi connectivity index (χ0n) is 14.3. The molecule has 1 unspecified atom stereocenters. The molecule has 2 rings (SSSR count). The largest absolute Gasteiger partial charge is 0.342 e. The van der Waals surface area contributed by atoms with E-state index < -0.39 is 13.3 Å². The summed E-state index contributed by atoms with van der Waals surface area (Å²) in [6, 6.07) is 16.1. The van der Waals surface area contributed by atoms with Crippen molar-refractivity contribution in [1.82, 2.24) is 0 Å². The predicted molar refractivity (Wildman–Crippen MR) is 95.1 cm³/mol. The van der Waals surface area contributed by atoms with E-state index in [1.54, 1.807) is 0 Å². The van der Waals surface area contributed by atoms with Crippen LogP contribution in [0.5, 0.6) is 0 Å². The molecule has 1 atom stereocenters. The molecule has 4 heteroatoms. The van der Waals surface area contributed by atoms with Gasteiger partial charge in [-0.2, -0.15) is 0 Å². The summed E-state index contributed by atoms with van der Waals surface area (Å²) >= 11 is 0. The minimum atomic E-state index is -3.31. The molecule has 0 N–H and O–H groups in total. The number of hydrogen-bond acceptors (Lipinski definition) is 3. The van der Waals surface area contributed by atoms with Gasteiger partial charge in [0.1, 0.15) is 5.66 Å². The second-order valence-corrected chi connectivity index (χ2v) is 7.72. The first kappa shape index (κ1) is 17.9. The van der Waals surface area contributed by atoms with Crippen LogP contribution in [-0.4, -0.2) is 13.2 Å². The Balaban J connectivity index is 2.58. The lowest BCUT2D eigenvalue weighted by molar-refractivity contribution is 0.215. The first-order valence-corrected chi connectivity index (χ1v) is 9.63. The van der Waals surface area contributed by atoms with E-state index in [1.165, 1.54) is 5.56 Å². The van der Waals surface area contributed by atoms with Gasteiger partial charge in [-0.05, 0) is 38.8 Å². The summed E-state index contributed by atoms with van der Waals surface area (Å²) in [4.78, 5) is 0. The van der Waals surface area contributed by atoms with Gasteiger partial charge in [-0.15, -0.1) is 0 Å². The molecule has 0 bridgehead atoms. The summed E-state index contributed by atoms with van der Waals surface area (Å²) in [5.41, 5.74) is 3.78. The highest BCUT2D eigenvalue weighted by atomic mass is 31.2. The molecule has 0 saturated carbocycles. The van der Waals surface area contributed by atoms with Gasteiger partial charge in [-0.1, -0.05) is 59.7 Å². The second-order valence-electron chi connectivity index (χ2n) is 5.60. The average Bonchev–Trinajstić information content (AvgIpc) is 2.50. The Labute approximate surface area is 139 Å². The van der Waals surface area contributed by atoms with Crippen molar-refractivity contribution >= 4 is 7.60 Å². The van der Waals surface area contributed by atoms with Crippen molar-refractivity contribution in [2.45, 2.75) is 33.4 Å². The number of hydrogen-bond donors (Lipinski definition) is 0. The maximum atomic E-state index is 13.5. The van der Waals surface area contributed by atoms with Crippen LogP contribution in [0, 0.1) is 13.8 Å². The quantitative estimate of drug-likeness (QED) is 0.614. The standard InChI is InChI=1S/C19H25O3P/c1-5-21-23(20,22-6-2)19(17-12-10-15(3)11-13-17)18-9-7-8-16(4)14-18/h7-14,19H,5-6H2,1-4H3. The van der Waals surface area contributed by atoms with Gasteiger partial charge in [0.25, 0.3) is 0 Å². The second kappa shape index (κ2) is 7.92. The van der Waals surface area contributed by atoms with Gasteiger partial charge in [-0.3, -0.25) is 4.57 Å². The van der Waals surface area contributed by atoms with E-state index in [9.17, 15) is 4.57 Å². The van der Waals surface area contributed by atoms with E-state index in [-0.39, 0.29) is 0 Å². The van der Waals surface area contributed by atoms with Gasteiger partial charge >= 0.3 is 7.60 Å². The van der Waals surface area contributed by atoms with Gasteiger partial charge in [0.05, 0.1) is 13.2 Å². The minimum Gasteiger partial charge on any atom is -0.308 e. The van der Waals surface area contributed by atoms with Crippen LogP contribution in [0.15, 0.2) is 48.5 Å². The maximum absolute atomic E-state index is 13.5. The molecule has 2 aromatic carbocycles. The van der Waals surface area contributed by atoms with Crippen molar-refractivity contribution in [3.05, 3.63) is 70.8 Å². The molecule has 2 aromatic rings. The van der Waals surface area contributed by atoms with Crippen molar-refractivity contribution in [3.63, 3.8) is 0 Å². The monoisotopic (exact) mass is 332 g/mol. The molecule has 0 fully saturated rings. The van der Waals surface area contributed by atoms with E-state index in [1.807, 2.05) is 70.2 Å². The van der Waals surface area contributed by atoms with Gasteiger partial charge in [0, 0.05) is 0 Å². The van der Waals surface area contributed by atoms with Crippen LogP contribution < -0.4 is 0 Å². The Bertz CT molecular complexity index is 669. The molecule has 0 aliphatic carbocycles. The van der Waals surface area contributed by atoms with Gasteiger partial charge in [0.15, 0.2) is 0 Å². The lowest BCUT2D eigenvalue weighted by Gasteiger charge is -2.27. The first-order valence-electron chi connectivity index (χ1n) is 8.02. The molecule has 0 radical (unpaired) electrons. The van der Waals surface area contributed by atoms with E-state index in [4.69, 9.17) is 9.05 Å². The molecule has 0 amide bonds. The van der Waals surface area contributed by atoms with Crippen LogP contribution in [0.1, 0.15) is 41.8 Å². The molecule has 0 aliphatic heterocycles. The van der Waals surface area contributed by atoms with Gasteiger partial charge in [-0.25, -0.2) is 0 Å². The molecule has 0 saturated heterocycles. The van der Waals surface area contributed by atoms with Crippen molar-refractivity contribution in [2.24, 2.45) is 0 Å². The highest BCUT2D eigenvalue weighted by Crippen LogP contribution is 2.63. The Morgan fingerprint density at radius 2 is 1.48 bits per heavy atom. The molecule has 0 aliphatic rings. The van der Waals surface area contributed by atoms with Crippen LogP contribution in [0.3, 0.4) is 0 Å². The Kier molecular flexibility index (Phi) is 6.17. The van der Waals surface area contributed by atoms with Crippen LogP contribution in [-0.2, 0) is 13.6 Å². The van der Waals surface area contributed by atoms with Crippen LogP contribution in [0.25, 0.3) is 0 Å². The Morgan fingerprint density at radius 1 is 0.870 bits per heavy atom. The summed E-state index contributed by atoms with van der Waals surface area (Å²) < 4.78 is 24.8. The average molecular weight is 332 g/mol. The molecular weight excluding hydrogens is 307 g/mol. The van der Waals surface area contributed by atoms with Crippen molar-refractivity contribution in [2.75, 3.05) is 13.2 Å². The fraction of sp³-hybridized carbons (Fsp3) is 0.368. The van der Waals surface area contributed by atoms with Crippen LogP contribution >= 0.6 is 7.60 Å². The summed E-state index contributed by atoms with van der Waals surface area (Å²) in [5.74, 6) is 0. The number of benzene rings is 2. The lowest BCUT2D eigenvalue weighted by Crippen LogP contribution is -2.09. The summed E-state index contributed by atoms with van der Waals surface area (Å²) in [5, 5.41) is 0. The fourth-order valence-electron chi connectivity index (χ4n) is 2.69. The third-order valence-electron chi connectivity index (χ3n) is 3.69. The van der Waals surface area contributed by atoms with Crippen molar-refractivity contribution < 1.29 is 13.6 Å². The summed E-state index contributed by atoms with van der Waals surface area (Å²) in [6.45, 7) is 8.46. The van der Waals surface area contributed by atoms with E-state index in [0.717, 1.165) is 16.7 Å². The number of aryl methyl sites for hydroxylation is 2. The summed E-state index contributed by atoms with van der Waals surface area (Å²) in [7, 11) is -3.31. The van der Waals surface area contributed by atoms with Crippen molar-refractivity contribution in [3.8, 4) is 0 Å². The number of rotatable bonds is 7. The van der Waals surface area contributed by atoms with Crippen LogP contribution in [0.2, 0.25) is 0 Å². The highest BCUT2D eigenvalue weighted by molar-refractivity contribution is 7.54. The van der Waals surface area contributed by atoms with E-state index >= 15 is 0 Å². The Morgan fingerprint density at radius 3 is 2.00 bits per heavy atom. The van der Waals surface area contributed by atoms with Gasteiger partial charge in [0.2, 0.25) is 0 Å². The molecule has 0 aromatic heterocycles. The minimum absolute atomic E-state index is 0.353. The molecule has 23 heavy (non-hydrogen) atoms. The maximum Gasteiger partial charge on any atom is 0.342 e. The van der Waals surface area contributed by atoms with E-state index in [0.29, 0.717) is 13.2 Å². The topological polar surface area (TPSA) is 35.5 Å². The smallest absolute Gasteiger partial charge is 0.308 e. The highest BCUT2D eigenvalue weighted by Gasteiger charge is 2.38. The van der Waals surface area contributed by atoms with Crippen LogP contribution in [0.4, 0.5) is 0 Å². The van der Waals surface area contributed by atoms with Crippen molar-refractivity contribution in [1.29, 1.82) is 0 Å². The normalized spacial score (nSPS) is 13.0. The zero-order valence-corrected chi connectivity index (χ0v) is 15.2. The SMILES string of the molecule is CCOP(=O)(OCC)C(c1ccc(C)cc1)c1cccc(C)c1. The molecule has 0 heterocycles. The summed E-state index contributed by atoms with van der Waals surface area (Å²) in [6.07, 6.45) is 0. The Hall–Kier alpha value is -1.41. The molecule has 0 spiro atoms. The zero-order chi connectivity index (χ0) is 16.9. The predicted octanol–water partition coefficient (Wildman–Crippen LogP) is 5.66. The first-order chi connectivity index (χ1) is 11.0. The van der Waals surface area contributed by atoms with E-state index in [2.05, 4.69) is 6.07 Å². The fourth-order valence-corrected chi connectivity index (χ4v) is 4.85. The lowest BCUT2D eigenvalue weighted by atomic mass is 10.0. The van der Waals surface area contributed by atoms with Gasteiger partial charge < -0.3 is 9.05 Å². The molecular formula is C19H25O3P. The third-order valence-corrected chi connectivity index (χ3v) is 6.15. The molecule has 124 valence electrons. The third kappa shape index (κ3) is 4.32. The molecule has 3 nitrogen and oxygen atoms in total.